The van der Waals surface area contributed by atoms with E-state index in [1.807, 2.05) is 30.3 Å². The van der Waals surface area contributed by atoms with Gasteiger partial charge in [-0.3, -0.25) is 0 Å². The SMILES string of the molecule is Clc1ccc(COC2C3COCC2CN(CCCCc2ccc4c(c2)OCO4)C3)cc1. The van der Waals surface area contributed by atoms with Gasteiger partial charge in [-0.2, -0.15) is 0 Å². The molecule has 2 aromatic carbocycles. The third-order valence-corrected chi connectivity index (χ3v) is 6.81. The van der Waals surface area contributed by atoms with E-state index in [4.69, 9.17) is 30.5 Å². The summed E-state index contributed by atoms with van der Waals surface area (Å²) in [6.45, 7) is 5.85. The molecule has 3 heterocycles. The highest BCUT2D eigenvalue weighted by Crippen LogP contribution is 2.33. The number of ether oxygens (including phenoxy) is 4. The van der Waals surface area contributed by atoms with Gasteiger partial charge in [-0.15, -0.1) is 0 Å². The lowest BCUT2D eigenvalue weighted by Gasteiger charge is -2.46. The van der Waals surface area contributed by atoms with Crippen LogP contribution in [0.4, 0.5) is 0 Å². The molecule has 5 nitrogen and oxygen atoms in total. The second-order valence-corrected chi connectivity index (χ2v) is 9.30. The summed E-state index contributed by atoms with van der Waals surface area (Å²) < 4.78 is 23.1. The van der Waals surface area contributed by atoms with Crippen LogP contribution in [-0.2, 0) is 22.5 Å². The van der Waals surface area contributed by atoms with Crippen LogP contribution < -0.4 is 9.47 Å². The molecule has 0 aliphatic carbocycles. The van der Waals surface area contributed by atoms with Crippen LogP contribution in [0, 0.1) is 11.8 Å². The Morgan fingerprint density at radius 2 is 1.65 bits per heavy atom. The normalized spacial score (nSPS) is 25.0. The van der Waals surface area contributed by atoms with Crippen molar-refractivity contribution in [3.05, 3.63) is 58.6 Å². The lowest BCUT2D eigenvalue weighted by molar-refractivity contribution is -0.154. The standard InChI is InChI=1S/C25H30ClNO4/c26-22-7-4-19(5-8-22)14-29-25-20-12-27(13-21(25)16-28-15-20)10-2-1-3-18-6-9-23-24(11-18)31-17-30-23/h4-9,11,20-21,25H,1-3,10,12-17H2. The minimum absolute atomic E-state index is 0.286. The Morgan fingerprint density at radius 1 is 0.903 bits per heavy atom. The first-order chi connectivity index (χ1) is 15.2. The largest absolute Gasteiger partial charge is 0.454 e. The minimum atomic E-state index is 0.286. The highest BCUT2D eigenvalue weighted by Gasteiger charge is 2.40. The number of hydrogen-bond acceptors (Lipinski definition) is 5. The van der Waals surface area contributed by atoms with Crippen molar-refractivity contribution < 1.29 is 18.9 Å². The molecular weight excluding hydrogens is 414 g/mol. The second kappa shape index (κ2) is 9.78. The van der Waals surface area contributed by atoms with Gasteiger partial charge < -0.3 is 23.8 Å². The van der Waals surface area contributed by atoms with Crippen LogP contribution in [0.25, 0.3) is 0 Å². The van der Waals surface area contributed by atoms with Gasteiger partial charge in [0.25, 0.3) is 0 Å². The van der Waals surface area contributed by atoms with Crippen LogP contribution >= 0.6 is 11.6 Å². The first-order valence-corrected chi connectivity index (χ1v) is 11.7. The molecule has 0 aromatic heterocycles. The topological polar surface area (TPSA) is 40.2 Å². The molecule has 3 aliphatic rings. The Morgan fingerprint density at radius 3 is 2.45 bits per heavy atom. The highest BCUT2D eigenvalue weighted by atomic mass is 35.5. The average molecular weight is 444 g/mol. The molecule has 0 spiro atoms. The smallest absolute Gasteiger partial charge is 0.231 e. The number of hydrogen-bond donors (Lipinski definition) is 0. The molecular formula is C25H30ClNO4. The Balaban J connectivity index is 1.07. The molecule has 2 atom stereocenters. The quantitative estimate of drug-likeness (QED) is 0.559. The number of piperidine rings is 1. The van der Waals surface area contributed by atoms with Crippen molar-refractivity contribution >= 4 is 11.6 Å². The first kappa shape index (κ1) is 21.1. The van der Waals surface area contributed by atoms with Gasteiger partial charge in [0.15, 0.2) is 11.5 Å². The van der Waals surface area contributed by atoms with Crippen LogP contribution in [0.5, 0.6) is 11.5 Å². The number of rotatable bonds is 8. The molecule has 5 rings (SSSR count). The zero-order valence-electron chi connectivity index (χ0n) is 17.8. The number of benzene rings is 2. The fourth-order valence-corrected chi connectivity index (χ4v) is 5.11. The van der Waals surface area contributed by atoms with Crippen molar-refractivity contribution in [2.24, 2.45) is 11.8 Å². The molecule has 0 saturated carbocycles. The summed E-state index contributed by atoms with van der Waals surface area (Å²) >= 11 is 5.99. The molecule has 3 aliphatic heterocycles. The van der Waals surface area contributed by atoms with Gasteiger partial charge >= 0.3 is 0 Å². The van der Waals surface area contributed by atoms with Crippen molar-refractivity contribution in [3.8, 4) is 11.5 Å². The van der Waals surface area contributed by atoms with Gasteiger partial charge in [-0.1, -0.05) is 29.8 Å². The Hall–Kier alpha value is -1.79. The zero-order valence-corrected chi connectivity index (χ0v) is 18.6. The predicted octanol–water partition coefficient (Wildman–Crippen LogP) is 4.56. The highest BCUT2D eigenvalue weighted by molar-refractivity contribution is 6.30. The third kappa shape index (κ3) is 5.17. The van der Waals surface area contributed by atoms with Crippen LogP contribution in [0.3, 0.4) is 0 Å². The Kier molecular flexibility index (Phi) is 6.65. The van der Waals surface area contributed by atoms with E-state index in [0.29, 0.717) is 25.2 Å². The van der Waals surface area contributed by atoms with Gasteiger partial charge in [-0.05, 0) is 61.2 Å². The monoisotopic (exact) mass is 443 g/mol. The third-order valence-electron chi connectivity index (χ3n) is 6.56. The van der Waals surface area contributed by atoms with Crippen molar-refractivity contribution in [2.45, 2.75) is 32.0 Å². The van der Waals surface area contributed by atoms with Crippen molar-refractivity contribution in [2.75, 3.05) is 39.6 Å². The van der Waals surface area contributed by atoms with Gasteiger partial charge in [-0.25, -0.2) is 0 Å². The number of likely N-dealkylation sites (tertiary alicyclic amines) is 1. The number of aryl methyl sites for hydroxylation is 1. The number of unbranched alkanes of at least 4 members (excludes halogenated alkanes) is 1. The fraction of sp³-hybridized carbons (Fsp3) is 0.520. The van der Waals surface area contributed by atoms with Gasteiger partial charge in [0.1, 0.15) is 0 Å². The molecule has 2 saturated heterocycles. The first-order valence-electron chi connectivity index (χ1n) is 11.3. The molecule has 6 heteroatoms. The van der Waals surface area contributed by atoms with Gasteiger partial charge in [0.2, 0.25) is 6.79 Å². The maximum Gasteiger partial charge on any atom is 0.231 e. The maximum absolute atomic E-state index is 6.37. The maximum atomic E-state index is 6.37. The van der Waals surface area contributed by atoms with Gasteiger partial charge in [0.05, 0.1) is 25.9 Å². The minimum Gasteiger partial charge on any atom is -0.454 e. The van der Waals surface area contributed by atoms with Crippen LogP contribution in [-0.4, -0.2) is 50.6 Å². The molecule has 166 valence electrons. The molecule has 31 heavy (non-hydrogen) atoms. The fourth-order valence-electron chi connectivity index (χ4n) is 4.99. The van der Waals surface area contributed by atoms with Gasteiger partial charge in [0, 0.05) is 29.9 Å². The second-order valence-electron chi connectivity index (χ2n) is 8.86. The number of halogens is 1. The van der Waals surface area contributed by atoms with E-state index in [-0.39, 0.29) is 6.10 Å². The summed E-state index contributed by atoms with van der Waals surface area (Å²) in [5.41, 5.74) is 2.50. The van der Waals surface area contributed by atoms with E-state index < -0.39 is 0 Å². The molecule has 2 unspecified atom stereocenters. The van der Waals surface area contributed by atoms with Crippen LogP contribution in [0.2, 0.25) is 5.02 Å². The van der Waals surface area contributed by atoms with Crippen LogP contribution in [0.1, 0.15) is 24.0 Å². The molecule has 0 radical (unpaired) electrons. The lowest BCUT2D eigenvalue weighted by atomic mass is 9.84. The lowest BCUT2D eigenvalue weighted by Crippen LogP contribution is -2.56. The molecule has 0 N–H and O–H groups in total. The van der Waals surface area contributed by atoms with E-state index >= 15 is 0 Å². The van der Waals surface area contributed by atoms with E-state index in [1.165, 1.54) is 24.0 Å². The summed E-state index contributed by atoms with van der Waals surface area (Å²) in [6, 6.07) is 14.2. The summed E-state index contributed by atoms with van der Waals surface area (Å²) in [4.78, 5) is 2.61. The summed E-state index contributed by atoms with van der Waals surface area (Å²) in [7, 11) is 0. The van der Waals surface area contributed by atoms with Crippen molar-refractivity contribution in [3.63, 3.8) is 0 Å². The zero-order chi connectivity index (χ0) is 21.0. The summed E-state index contributed by atoms with van der Waals surface area (Å²) in [5.74, 6) is 2.65. The van der Waals surface area contributed by atoms with E-state index in [2.05, 4.69) is 17.0 Å². The van der Waals surface area contributed by atoms with Crippen molar-refractivity contribution in [1.82, 2.24) is 4.90 Å². The average Bonchev–Trinajstić information content (AvgIpc) is 3.24. The Labute approximate surface area is 189 Å². The molecule has 2 aromatic rings. The van der Waals surface area contributed by atoms with E-state index in [9.17, 15) is 0 Å². The number of fused-ring (bicyclic) bond motifs is 3. The van der Waals surface area contributed by atoms with E-state index in [0.717, 1.165) is 55.8 Å². The summed E-state index contributed by atoms with van der Waals surface area (Å²) in [5, 5.41) is 0.765. The number of nitrogens with zero attached hydrogens (tertiary/aromatic N) is 1. The predicted molar refractivity (Wildman–Crippen MR) is 120 cm³/mol. The molecule has 2 fully saturated rings. The Bertz CT molecular complexity index is 860. The van der Waals surface area contributed by atoms with Crippen molar-refractivity contribution in [1.29, 1.82) is 0 Å². The molecule has 0 amide bonds. The molecule has 2 bridgehead atoms. The van der Waals surface area contributed by atoms with E-state index in [1.54, 1.807) is 0 Å². The summed E-state index contributed by atoms with van der Waals surface area (Å²) in [6.07, 6.45) is 3.74. The van der Waals surface area contributed by atoms with Crippen LogP contribution in [0.15, 0.2) is 42.5 Å².